The first-order valence-corrected chi connectivity index (χ1v) is 8.34. The highest BCUT2D eigenvalue weighted by Crippen LogP contribution is 2.32. The number of carbonyl (C=O) groups is 2. The molecule has 2 amide bonds. The van der Waals surface area contributed by atoms with Gasteiger partial charge in [0.25, 0.3) is 11.1 Å². The van der Waals surface area contributed by atoms with Gasteiger partial charge in [0.2, 0.25) is 0 Å². The van der Waals surface area contributed by atoms with Crippen molar-refractivity contribution in [3.8, 4) is 5.69 Å². The van der Waals surface area contributed by atoms with E-state index < -0.39 is 0 Å². The predicted molar refractivity (Wildman–Crippen MR) is 93.6 cm³/mol. The minimum Gasteiger partial charge on any atom is -0.317 e. The second kappa shape index (κ2) is 6.08. The first-order chi connectivity index (χ1) is 11.0. The van der Waals surface area contributed by atoms with Crippen LogP contribution in [-0.4, -0.2) is 27.2 Å². The molecule has 1 aliphatic heterocycles. The van der Waals surface area contributed by atoms with Crippen LogP contribution in [0.4, 0.5) is 4.79 Å². The maximum atomic E-state index is 12.2. The van der Waals surface area contributed by atoms with E-state index >= 15 is 0 Å². The molecule has 1 fully saturated rings. The zero-order chi connectivity index (χ0) is 16.6. The molecule has 1 saturated heterocycles. The van der Waals surface area contributed by atoms with Crippen molar-refractivity contribution in [1.29, 1.82) is 0 Å². The van der Waals surface area contributed by atoms with Crippen molar-refractivity contribution < 1.29 is 9.59 Å². The summed E-state index contributed by atoms with van der Waals surface area (Å²) in [7, 11) is 0. The lowest BCUT2D eigenvalue weighted by Gasteiger charge is -2.12. The van der Waals surface area contributed by atoms with Crippen molar-refractivity contribution in [3.63, 3.8) is 0 Å². The summed E-state index contributed by atoms with van der Waals surface area (Å²) in [6.07, 6.45) is 3.76. The Hall–Kier alpha value is -2.27. The van der Waals surface area contributed by atoms with Crippen LogP contribution < -0.4 is 0 Å². The summed E-state index contributed by atoms with van der Waals surface area (Å²) in [5.41, 5.74) is 4.38. The van der Waals surface area contributed by atoms with E-state index in [4.69, 9.17) is 0 Å². The standard InChI is InChI=1S/C18H18N2O2S/c1-4-19-17(21)16(23-18(19)22)11-14-8-6-10-20(14)15-9-5-7-12(2)13(15)3/h5-11H,4H2,1-3H3/b16-11+. The molecule has 0 atom stereocenters. The molecule has 1 aromatic carbocycles. The van der Waals surface area contributed by atoms with E-state index in [0.29, 0.717) is 11.4 Å². The third-order valence-corrected chi connectivity index (χ3v) is 4.99. The predicted octanol–water partition coefficient (Wildman–Crippen LogP) is 4.15. The van der Waals surface area contributed by atoms with Gasteiger partial charge in [-0.1, -0.05) is 12.1 Å². The molecule has 0 spiro atoms. The Balaban J connectivity index is 2.03. The average molecular weight is 326 g/mol. The number of likely N-dealkylation sites (N-methyl/N-ethyl adjacent to an activating group) is 1. The van der Waals surface area contributed by atoms with Gasteiger partial charge in [-0.2, -0.15) is 0 Å². The molecule has 23 heavy (non-hydrogen) atoms. The smallest absolute Gasteiger partial charge is 0.293 e. The second-order valence-electron chi connectivity index (χ2n) is 5.45. The molecule has 0 unspecified atom stereocenters. The number of hydrogen-bond donors (Lipinski definition) is 0. The van der Waals surface area contributed by atoms with Crippen LogP contribution in [0.2, 0.25) is 0 Å². The Morgan fingerprint density at radius 3 is 2.61 bits per heavy atom. The van der Waals surface area contributed by atoms with Crippen molar-refractivity contribution >= 4 is 29.0 Å². The van der Waals surface area contributed by atoms with E-state index in [1.807, 2.05) is 29.0 Å². The number of amides is 2. The fourth-order valence-electron chi connectivity index (χ4n) is 2.63. The number of aromatic nitrogens is 1. The van der Waals surface area contributed by atoms with E-state index in [1.165, 1.54) is 16.0 Å². The minimum absolute atomic E-state index is 0.200. The summed E-state index contributed by atoms with van der Waals surface area (Å²) in [5.74, 6) is -0.212. The van der Waals surface area contributed by atoms with Crippen LogP contribution in [0.15, 0.2) is 41.4 Å². The van der Waals surface area contributed by atoms with Crippen LogP contribution in [0.5, 0.6) is 0 Å². The van der Waals surface area contributed by atoms with E-state index in [1.54, 1.807) is 13.0 Å². The lowest BCUT2D eigenvalue weighted by Crippen LogP contribution is -2.27. The van der Waals surface area contributed by atoms with Crippen LogP contribution in [-0.2, 0) is 4.79 Å². The molecule has 1 aliphatic rings. The number of hydrogen-bond acceptors (Lipinski definition) is 3. The quantitative estimate of drug-likeness (QED) is 0.796. The minimum atomic E-state index is -0.212. The number of rotatable bonds is 3. The van der Waals surface area contributed by atoms with Gasteiger partial charge < -0.3 is 4.57 Å². The van der Waals surface area contributed by atoms with E-state index in [9.17, 15) is 9.59 Å². The fourth-order valence-corrected chi connectivity index (χ4v) is 3.52. The van der Waals surface area contributed by atoms with Gasteiger partial charge in [-0.3, -0.25) is 14.5 Å². The highest BCUT2D eigenvalue weighted by molar-refractivity contribution is 8.18. The lowest BCUT2D eigenvalue weighted by molar-refractivity contribution is -0.122. The van der Waals surface area contributed by atoms with Crippen molar-refractivity contribution in [2.24, 2.45) is 0 Å². The van der Waals surface area contributed by atoms with Gasteiger partial charge in [-0.25, -0.2) is 0 Å². The summed E-state index contributed by atoms with van der Waals surface area (Å²) in [4.78, 5) is 25.8. The molecule has 3 rings (SSSR count). The number of nitrogens with zero attached hydrogens (tertiary/aromatic N) is 2. The first kappa shape index (κ1) is 15.6. The number of benzene rings is 1. The summed E-state index contributed by atoms with van der Waals surface area (Å²) in [5, 5.41) is -0.200. The third-order valence-electron chi connectivity index (χ3n) is 4.08. The molecule has 0 N–H and O–H groups in total. The van der Waals surface area contributed by atoms with Crippen LogP contribution >= 0.6 is 11.8 Å². The number of carbonyl (C=O) groups excluding carboxylic acids is 2. The summed E-state index contributed by atoms with van der Waals surface area (Å²) < 4.78 is 2.04. The molecular weight excluding hydrogens is 308 g/mol. The largest absolute Gasteiger partial charge is 0.317 e. The van der Waals surface area contributed by atoms with Crippen LogP contribution in [0, 0.1) is 13.8 Å². The van der Waals surface area contributed by atoms with Gasteiger partial charge in [0.15, 0.2) is 0 Å². The monoisotopic (exact) mass is 326 g/mol. The Morgan fingerprint density at radius 1 is 1.13 bits per heavy atom. The molecular formula is C18H18N2O2S. The summed E-state index contributed by atoms with van der Waals surface area (Å²) in [6, 6.07) is 10.0. The molecule has 0 radical (unpaired) electrons. The lowest BCUT2D eigenvalue weighted by atomic mass is 10.1. The van der Waals surface area contributed by atoms with Crippen LogP contribution in [0.25, 0.3) is 11.8 Å². The summed E-state index contributed by atoms with van der Waals surface area (Å²) in [6.45, 7) is 6.37. The van der Waals surface area contributed by atoms with E-state index in [-0.39, 0.29) is 11.1 Å². The molecule has 0 aliphatic carbocycles. The number of thioether (sulfide) groups is 1. The first-order valence-electron chi connectivity index (χ1n) is 7.52. The fraction of sp³-hybridized carbons (Fsp3) is 0.222. The summed E-state index contributed by atoms with van der Waals surface area (Å²) >= 11 is 1.00. The molecule has 1 aromatic heterocycles. The highest BCUT2D eigenvalue weighted by atomic mass is 32.2. The van der Waals surface area contributed by atoms with Gasteiger partial charge >= 0.3 is 0 Å². The molecule has 118 valence electrons. The zero-order valence-electron chi connectivity index (χ0n) is 13.4. The zero-order valence-corrected chi connectivity index (χ0v) is 14.2. The van der Waals surface area contributed by atoms with E-state index in [2.05, 4.69) is 26.0 Å². The number of imide groups is 1. The molecule has 5 heteroatoms. The van der Waals surface area contributed by atoms with Gasteiger partial charge in [-0.15, -0.1) is 0 Å². The van der Waals surface area contributed by atoms with Gasteiger partial charge in [0.1, 0.15) is 0 Å². The third kappa shape index (κ3) is 2.72. The van der Waals surface area contributed by atoms with Gasteiger partial charge in [0.05, 0.1) is 4.91 Å². The van der Waals surface area contributed by atoms with Crippen molar-refractivity contribution in [2.45, 2.75) is 20.8 Å². The van der Waals surface area contributed by atoms with E-state index in [0.717, 1.165) is 23.1 Å². The molecule has 4 nitrogen and oxygen atoms in total. The Labute approximate surface area is 139 Å². The topological polar surface area (TPSA) is 42.3 Å². The average Bonchev–Trinajstić information content (AvgIpc) is 3.08. The van der Waals surface area contributed by atoms with Crippen molar-refractivity contribution in [3.05, 3.63) is 58.3 Å². The maximum absolute atomic E-state index is 12.2. The molecule has 0 saturated carbocycles. The maximum Gasteiger partial charge on any atom is 0.293 e. The van der Waals surface area contributed by atoms with Crippen LogP contribution in [0.3, 0.4) is 0 Å². The SMILES string of the molecule is CCN1C(=O)S/C(=C/c2cccn2-c2cccc(C)c2C)C1=O. The van der Waals surface area contributed by atoms with Crippen molar-refractivity contribution in [1.82, 2.24) is 9.47 Å². The molecule has 2 heterocycles. The van der Waals surface area contributed by atoms with Gasteiger partial charge in [0, 0.05) is 24.1 Å². The Bertz CT molecular complexity index is 820. The van der Waals surface area contributed by atoms with Crippen LogP contribution in [0.1, 0.15) is 23.7 Å². The Morgan fingerprint density at radius 2 is 1.91 bits per heavy atom. The Kier molecular flexibility index (Phi) is 4.13. The highest BCUT2D eigenvalue weighted by Gasteiger charge is 2.33. The normalized spacial score (nSPS) is 16.7. The molecule has 0 bridgehead atoms. The van der Waals surface area contributed by atoms with Gasteiger partial charge in [-0.05, 0) is 67.9 Å². The second-order valence-corrected chi connectivity index (χ2v) is 6.44. The van der Waals surface area contributed by atoms with Crippen molar-refractivity contribution in [2.75, 3.05) is 6.54 Å². The molecule has 2 aromatic rings. The number of aryl methyl sites for hydroxylation is 1.